The Morgan fingerprint density at radius 2 is 1.62 bits per heavy atom. The first-order valence-electron chi connectivity index (χ1n) is 12.2. The van der Waals surface area contributed by atoms with Gasteiger partial charge in [0.25, 0.3) is 0 Å². The second-order valence-electron chi connectivity index (χ2n) is 9.02. The molecule has 0 aliphatic heterocycles. The van der Waals surface area contributed by atoms with Gasteiger partial charge in [0.2, 0.25) is 0 Å². The molecule has 0 fully saturated rings. The van der Waals surface area contributed by atoms with Gasteiger partial charge >= 0.3 is 0 Å². The number of aliphatic hydroxyl groups excluding tert-OH is 1. The quantitative estimate of drug-likeness (QED) is 0.289. The van der Waals surface area contributed by atoms with Gasteiger partial charge in [-0.1, -0.05) is 68.1 Å². The largest absolute Gasteiger partial charge is 0.387 e. The first-order valence-corrected chi connectivity index (χ1v) is 12.5. The lowest BCUT2D eigenvalue weighted by Gasteiger charge is -2.26. The van der Waals surface area contributed by atoms with Gasteiger partial charge in [-0.15, -0.1) is 12.4 Å². The Hall–Kier alpha value is -1.91. The Labute approximate surface area is 216 Å². The maximum Gasteiger partial charge on any atom is 0.0924 e. The third-order valence-electron chi connectivity index (χ3n) is 6.06. The monoisotopic (exact) mass is 500 g/mol. The van der Waals surface area contributed by atoms with Gasteiger partial charge in [0, 0.05) is 17.0 Å². The van der Waals surface area contributed by atoms with Crippen LogP contribution in [-0.2, 0) is 0 Å². The van der Waals surface area contributed by atoms with Gasteiger partial charge in [0.15, 0.2) is 0 Å². The molecular weight excluding hydrogens is 463 g/mol. The lowest BCUT2D eigenvalue weighted by Crippen LogP contribution is -2.31. The number of nitrogens with zero attached hydrogens (tertiary/aromatic N) is 2. The standard InChI is InChI=1S/C29H37ClN2O.ClH/c1-5-7-15-32(16-8-6-2)20-28(33)26-19-25(14-11-23-9-12-24(30)13-10-23)31-29-22(4)17-21(3)18-27(26)29;/h9-14,17-19,28,33H,5-8,15-16,20H2,1-4H3;1H/b14-11+;. The van der Waals surface area contributed by atoms with Crippen molar-refractivity contribution in [3.05, 3.63) is 75.4 Å². The number of aliphatic hydroxyl groups is 1. The zero-order chi connectivity index (χ0) is 23.8. The van der Waals surface area contributed by atoms with E-state index in [1.807, 2.05) is 36.4 Å². The highest BCUT2D eigenvalue weighted by atomic mass is 35.5. The van der Waals surface area contributed by atoms with Crippen molar-refractivity contribution in [2.45, 2.75) is 59.5 Å². The normalized spacial score (nSPS) is 12.4. The SMILES string of the molecule is CCCCN(CCCC)CC(O)c1cc(/C=C/c2ccc(Cl)cc2)nc2c(C)cc(C)cc12.Cl. The van der Waals surface area contributed by atoms with Crippen molar-refractivity contribution >= 4 is 47.1 Å². The molecule has 0 radical (unpaired) electrons. The van der Waals surface area contributed by atoms with Gasteiger partial charge in [-0.25, -0.2) is 4.98 Å². The summed E-state index contributed by atoms with van der Waals surface area (Å²) >= 11 is 6.02. The van der Waals surface area contributed by atoms with Crippen LogP contribution in [0, 0.1) is 13.8 Å². The predicted molar refractivity (Wildman–Crippen MR) is 150 cm³/mol. The van der Waals surface area contributed by atoms with Crippen molar-refractivity contribution < 1.29 is 5.11 Å². The van der Waals surface area contributed by atoms with Gasteiger partial charge < -0.3 is 10.0 Å². The summed E-state index contributed by atoms with van der Waals surface area (Å²) in [6.45, 7) is 11.3. The summed E-state index contributed by atoms with van der Waals surface area (Å²) in [5.74, 6) is 0. The van der Waals surface area contributed by atoms with Crippen molar-refractivity contribution in [2.75, 3.05) is 19.6 Å². The average molecular weight is 502 g/mol. The van der Waals surface area contributed by atoms with E-state index >= 15 is 0 Å². The number of unbranched alkanes of at least 4 members (excludes halogenated alkanes) is 2. The van der Waals surface area contributed by atoms with Gasteiger partial charge in [-0.3, -0.25) is 0 Å². The number of pyridine rings is 1. The Morgan fingerprint density at radius 3 is 2.24 bits per heavy atom. The zero-order valence-electron chi connectivity index (χ0n) is 20.9. The third kappa shape index (κ3) is 7.81. The van der Waals surface area contributed by atoms with Crippen LogP contribution in [0.2, 0.25) is 5.02 Å². The summed E-state index contributed by atoms with van der Waals surface area (Å²) in [6, 6.07) is 14.1. The number of fused-ring (bicyclic) bond motifs is 1. The molecule has 1 unspecified atom stereocenters. The molecule has 2 aromatic carbocycles. The molecule has 0 saturated heterocycles. The van der Waals surface area contributed by atoms with Crippen LogP contribution in [-0.4, -0.2) is 34.6 Å². The van der Waals surface area contributed by atoms with Crippen LogP contribution in [0.15, 0.2) is 42.5 Å². The summed E-state index contributed by atoms with van der Waals surface area (Å²) in [5, 5.41) is 13.2. The van der Waals surface area contributed by atoms with E-state index < -0.39 is 6.10 Å². The highest BCUT2D eigenvalue weighted by Gasteiger charge is 2.18. The lowest BCUT2D eigenvalue weighted by molar-refractivity contribution is 0.112. The number of aryl methyl sites for hydroxylation is 2. The Kier molecular flexibility index (Phi) is 11.5. The molecule has 1 N–H and O–H groups in total. The molecule has 0 saturated carbocycles. The van der Waals surface area contributed by atoms with Crippen LogP contribution in [0.5, 0.6) is 0 Å². The number of aromatic nitrogens is 1. The van der Waals surface area contributed by atoms with E-state index in [0.29, 0.717) is 6.54 Å². The second-order valence-corrected chi connectivity index (χ2v) is 9.46. The fourth-order valence-corrected chi connectivity index (χ4v) is 4.37. The molecule has 34 heavy (non-hydrogen) atoms. The number of benzene rings is 2. The fraction of sp³-hybridized carbons (Fsp3) is 0.414. The van der Waals surface area contributed by atoms with Gasteiger partial charge in [-0.2, -0.15) is 0 Å². The van der Waals surface area contributed by atoms with Crippen molar-refractivity contribution in [3.63, 3.8) is 0 Å². The van der Waals surface area contributed by atoms with Crippen molar-refractivity contribution in [1.82, 2.24) is 9.88 Å². The molecule has 3 nitrogen and oxygen atoms in total. The molecule has 1 heterocycles. The molecular formula is C29H38Cl2N2O. The smallest absolute Gasteiger partial charge is 0.0924 e. The van der Waals surface area contributed by atoms with E-state index in [2.05, 4.69) is 50.8 Å². The van der Waals surface area contributed by atoms with Gasteiger partial charge in [0.05, 0.1) is 17.3 Å². The first kappa shape index (κ1) is 28.3. The molecule has 1 atom stereocenters. The molecule has 184 valence electrons. The van der Waals surface area contributed by atoms with Crippen LogP contribution < -0.4 is 0 Å². The molecule has 0 aliphatic rings. The van der Waals surface area contributed by atoms with Crippen LogP contribution >= 0.6 is 24.0 Å². The maximum atomic E-state index is 11.4. The van der Waals surface area contributed by atoms with E-state index in [0.717, 1.165) is 77.1 Å². The summed E-state index contributed by atoms with van der Waals surface area (Å²) < 4.78 is 0. The second kappa shape index (κ2) is 13.8. The van der Waals surface area contributed by atoms with Crippen molar-refractivity contribution in [3.8, 4) is 0 Å². The highest BCUT2D eigenvalue weighted by molar-refractivity contribution is 6.30. The summed E-state index contributed by atoms with van der Waals surface area (Å²) in [6.07, 6.45) is 8.13. The summed E-state index contributed by atoms with van der Waals surface area (Å²) in [5.41, 5.74) is 6.16. The Bertz CT molecular complexity index is 1070. The predicted octanol–water partition coefficient (Wildman–Crippen LogP) is 8.03. The molecule has 0 spiro atoms. The summed E-state index contributed by atoms with van der Waals surface area (Å²) in [4.78, 5) is 7.34. The molecule has 0 bridgehead atoms. The van der Waals surface area contributed by atoms with E-state index in [1.54, 1.807) is 0 Å². The van der Waals surface area contributed by atoms with E-state index in [4.69, 9.17) is 16.6 Å². The fourth-order valence-electron chi connectivity index (χ4n) is 4.24. The van der Waals surface area contributed by atoms with Crippen molar-refractivity contribution in [1.29, 1.82) is 0 Å². The molecule has 5 heteroatoms. The molecule has 3 aromatic rings. The Morgan fingerprint density at radius 1 is 0.971 bits per heavy atom. The Balaban J connectivity index is 0.00000408. The topological polar surface area (TPSA) is 36.4 Å². The van der Waals surface area contributed by atoms with Gasteiger partial charge in [0.1, 0.15) is 0 Å². The van der Waals surface area contributed by atoms with Crippen LogP contribution in [0.4, 0.5) is 0 Å². The lowest BCUT2D eigenvalue weighted by atomic mass is 9.97. The van der Waals surface area contributed by atoms with E-state index in [1.165, 1.54) is 5.56 Å². The number of hydrogen-bond donors (Lipinski definition) is 1. The van der Waals surface area contributed by atoms with Gasteiger partial charge in [-0.05, 0) is 86.8 Å². The maximum absolute atomic E-state index is 11.4. The third-order valence-corrected chi connectivity index (χ3v) is 6.31. The average Bonchev–Trinajstić information content (AvgIpc) is 2.80. The zero-order valence-corrected chi connectivity index (χ0v) is 22.4. The minimum absolute atomic E-state index is 0. The minimum Gasteiger partial charge on any atom is -0.387 e. The number of rotatable bonds is 11. The van der Waals surface area contributed by atoms with E-state index in [9.17, 15) is 5.11 Å². The van der Waals surface area contributed by atoms with Crippen LogP contribution in [0.1, 0.15) is 73.6 Å². The molecule has 3 rings (SSSR count). The van der Waals surface area contributed by atoms with Crippen LogP contribution in [0.3, 0.4) is 0 Å². The number of hydrogen-bond acceptors (Lipinski definition) is 3. The van der Waals surface area contributed by atoms with Crippen molar-refractivity contribution in [2.24, 2.45) is 0 Å². The molecule has 1 aromatic heterocycles. The minimum atomic E-state index is -0.562. The molecule has 0 aliphatic carbocycles. The first-order chi connectivity index (χ1) is 15.9. The highest BCUT2D eigenvalue weighted by Crippen LogP contribution is 2.29. The van der Waals surface area contributed by atoms with E-state index in [-0.39, 0.29) is 12.4 Å². The summed E-state index contributed by atoms with van der Waals surface area (Å²) in [7, 11) is 0. The molecule has 0 amide bonds. The van der Waals surface area contributed by atoms with Crippen LogP contribution in [0.25, 0.3) is 23.1 Å². The number of halogens is 2.